The number of thioether (sulfide) groups is 1. The molecule has 0 saturated carbocycles. The molecule has 158 valence electrons. The van der Waals surface area contributed by atoms with Crippen LogP contribution in [0.1, 0.15) is 31.7 Å². The van der Waals surface area contributed by atoms with Crippen molar-refractivity contribution < 1.29 is 18.3 Å². The number of rotatable bonds is 11. The van der Waals surface area contributed by atoms with Crippen molar-refractivity contribution in [2.45, 2.75) is 45.0 Å². The van der Waals surface area contributed by atoms with Crippen molar-refractivity contribution in [3.8, 4) is 5.75 Å². The summed E-state index contributed by atoms with van der Waals surface area (Å²) in [5, 5.41) is 12.1. The Labute approximate surface area is 173 Å². The first-order valence-corrected chi connectivity index (χ1v) is 10.6. The molecule has 6 nitrogen and oxygen atoms in total. The number of hydrogen-bond acceptors (Lipinski definition) is 5. The minimum Gasteiger partial charge on any atom is -0.434 e. The number of halogens is 2. The van der Waals surface area contributed by atoms with Gasteiger partial charge in [0.2, 0.25) is 5.91 Å². The van der Waals surface area contributed by atoms with Crippen molar-refractivity contribution in [3.05, 3.63) is 41.7 Å². The van der Waals surface area contributed by atoms with Gasteiger partial charge in [-0.25, -0.2) is 0 Å². The van der Waals surface area contributed by atoms with Crippen LogP contribution in [0.25, 0.3) is 6.08 Å². The summed E-state index contributed by atoms with van der Waals surface area (Å²) < 4.78 is 31.4. The smallest absolute Gasteiger partial charge is 0.387 e. The average Bonchev–Trinajstić information content (AvgIpc) is 3.05. The van der Waals surface area contributed by atoms with Crippen LogP contribution in [0, 0.1) is 5.92 Å². The van der Waals surface area contributed by atoms with E-state index in [-0.39, 0.29) is 11.7 Å². The van der Waals surface area contributed by atoms with E-state index in [9.17, 15) is 13.6 Å². The van der Waals surface area contributed by atoms with Crippen molar-refractivity contribution in [3.63, 3.8) is 0 Å². The molecule has 2 rings (SSSR count). The molecule has 1 N–H and O–H groups in total. The average molecular weight is 425 g/mol. The predicted octanol–water partition coefficient (Wildman–Crippen LogP) is 4.02. The van der Waals surface area contributed by atoms with Gasteiger partial charge in [-0.1, -0.05) is 43.8 Å². The Morgan fingerprint density at radius 1 is 1.31 bits per heavy atom. The zero-order chi connectivity index (χ0) is 21.2. The van der Waals surface area contributed by atoms with Crippen molar-refractivity contribution in [2.24, 2.45) is 5.92 Å². The zero-order valence-electron chi connectivity index (χ0n) is 16.8. The van der Waals surface area contributed by atoms with Crippen LogP contribution in [0.4, 0.5) is 8.78 Å². The highest BCUT2D eigenvalue weighted by Gasteiger charge is 2.12. The number of carbonyl (C=O) groups excluding carboxylic acids is 1. The van der Waals surface area contributed by atoms with E-state index in [4.69, 9.17) is 0 Å². The molecule has 9 heteroatoms. The first kappa shape index (κ1) is 22.9. The number of nitrogens with one attached hydrogen (secondary N) is 1. The van der Waals surface area contributed by atoms with Gasteiger partial charge in [0.15, 0.2) is 5.16 Å². The highest BCUT2D eigenvalue weighted by atomic mass is 32.2. The molecule has 0 fully saturated rings. The Morgan fingerprint density at radius 2 is 2.07 bits per heavy atom. The minimum atomic E-state index is -2.91. The fourth-order valence-corrected chi connectivity index (χ4v) is 3.23. The van der Waals surface area contributed by atoms with E-state index in [0.29, 0.717) is 24.4 Å². The molecule has 1 aromatic heterocycles. The van der Waals surface area contributed by atoms with Crippen LogP contribution in [0.3, 0.4) is 0 Å². The fraction of sp³-hybridized carbons (Fsp3) is 0.450. The highest BCUT2D eigenvalue weighted by Crippen LogP contribution is 2.21. The summed E-state index contributed by atoms with van der Waals surface area (Å²) in [5.41, 5.74) is 0.411. The van der Waals surface area contributed by atoms with Gasteiger partial charge >= 0.3 is 6.61 Å². The largest absolute Gasteiger partial charge is 0.434 e. The summed E-state index contributed by atoms with van der Waals surface area (Å²) in [4.78, 5) is 12.0. The molecule has 0 aliphatic heterocycles. The minimum absolute atomic E-state index is 0.0284. The summed E-state index contributed by atoms with van der Waals surface area (Å²) in [5.74, 6) is 1.12. The van der Waals surface area contributed by atoms with E-state index in [1.165, 1.54) is 18.2 Å². The second-order valence-corrected chi connectivity index (χ2v) is 7.53. The molecule has 0 unspecified atom stereocenters. The summed E-state index contributed by atoms with van der Waals surface area (Å²) >= 11 is 1.56. The lowest BCUT2D eigenvalue weighted by molar-refractivity contribution is -0.116. The molecule has 1 aromatic carbocycles. The Balaban J connectivity index is 1.84. The molecule has 0 saturated heterocycles. The third-order valence-corrected chi connectivity index (χ3v) is 4.62. The van der Waals surface area contributed by atoms with Gasteiger partial charge in [0.05, 0.1) is 0 Å². The lowest BCUT2D eigenvalue weighted by Crippen LogP contribution is -2.23. The van der Waals surface area contributed by atoms with E-state index in [1.54, 1.807) is 30.0 Å². The van der Waals surface area contributed by atoms with Gasteiger partial charge < -0.3 is 14.6 Å². The molecule has 0 bridgehead atoms. The number of aryl methyl sites for hydroxylation is 1. The third-order valence-electron chi connectivity index (χ3n) is 3.95. The maximum atomic E-state index is 12.4. The van der Waals surface area contributed by atoms with Gasteiger partial charge in [0.1, 0.15) is 11.6 Å². The molecule has 29 heavy (non-hydrogen) atoms. The molecule has 1 heterocycles. The van der Waals surface area contributed by atoms with Crippen molar-refractivity contribution >= 4 is 23.7 Å². The molecule has 0 spiro atoms. The van der Waals surface area contributed by atoms with Gasteiger partial charge in [-0.15, -0.1) is 10.2 Å². The topological polar surface area (TPSA) is 69.0 Å². The molecule has 0 aliphatic rings. The lowest BCUT2D eigenvalue weighted by atomic mass is 10.2. The molecule has 0 aliphatic carbocycles. The predicted molar refractivity (Wildman–Crippen MR) is 110 cm³/mol. The molecule has 0 radical (unpaired) electrons. The monoisotopic (exact) mass is 424 g/mol. The van der Waals surface area contributed by atoms with Gasteiger partial charge in [0, 0.05) is 31.1 Å². The molecule has 0 atom stereocenters. The number of hydrogen-bond donors (Lipinski definition) is 1. The summed E-state index contributed by atoms with van der Waals surface area (Å²) in [6.45, 7) is 2.70. The fourth-order valence-electron chi connectivity index (χ4n) is 2.71. The number of benzene rings is 1. The Morgan fingerprint density at radius 3 is 2.76 bits per heavy atom. The molecule has 2 aromatic rings. The Hall–Kier alpha value is -2.42. The lowest BCUT2D eigenvalue weighted by Gasteiger charge is -2.11. The first-order chi connectivity index (χ1) is 13.9. The highest BCUT2D eigenvalue weighted by molar-refractivity contribution is 7.98. The number of aromatic nitrogens is 3. The van der Waals surface area contributed by atoms with Gasteiger partial charge in [-0.05, 0) is 30.7 Å². The van der Waals surface area contributed by atoms with E-state index in [2.05, 4.69) is 38.7 Å². The third kappa shape index (κ3) is 7.49. The maximum Gasteiger partial charge on any atom is 0.387 e. The first-order valence-electron chi connectivity index (χ1n) is 9.36. The number of para-hydroxylation sites is 1. The van der Waals surface area contributed by atoms with Gasteiger partial charge in [-0.2, -0.15) is 8.78 Å². The second-order valence-electron chi connectivity index (χ2n) is 6.75. The summed E-state index contributed by atoms with van der Waals surface area (Å²) in [6, 6.07) is 6.31. The van der Waals surface area contributed by atoms with E-state index >= 15 is 0 Å². The molecular weight excluding hydrogens is 398 g/mol. The van der Waals surface area contributed by atoms with E-state index < -0.39 is 6.61 Å². The van der Waals surface area contributed by atoms with Crippen molar-refractivity contribution in [1.82, 2.24) is 20.1 Å². The summed E-state index contributed by atoms with van der Waals surface area (Å²) in [7, 11) is 0. The van der Waals surface area contributed by atoms with E-state index in [0.717, 1.165) is 23.9 Å². The Kier molecular flexibility index (Phi) is 9.11. The van der Waals surface area contributed by atoms with Crippen molar-refractivity contribution in [2.75, 3.05) is 12.8 Å². The SMILES string of the molecule is CSc1nnc(CCCNC(=O)C=Cc2ccccc2OC(F)F)n1CC(C)C. The van der Waals surface area contributed by atoms with E-state index in [1.807, 2.05) is 6.26 Å². The number of nitrogens with zero attached hydrogens (tertiary/aromatic N) is 3. The van der Waals surface area contributed by atoms with Crippen molar-refractivity contribution in [1.29, 1.82) is 0 Å². The quantitative estimate of drug-likeness (QED) is 0.335. The van der Waals surface area contributed by atoms with Crippen LogP contribution in [0.5, 0.6) is 5.75 Å². The Bertz CT molecular complexity index is 825. The van der Waals surface area contributed by atoms with Crippen LogP contribution in [0.15, 0.2) is 35.5 Å². The summed E-state index contributed by atoms with van der Waals surface area (Å²) in [6.07, 6.45) is 6.16. The molecular formula is C20H26F2N4O2S. The second kappa shape index (κ2) is 11.5. The standard InChI is InChI=1S/C20H26F2N4O2S/c1-14(2)13-26-17(24-25-20(26)29-3)9-6-12-23-18(27)11-10-15-7-4-5-8-16(15)28-19(21)22/h4-5,7-8,10-11,14,19H,6,9,12-13H2,1-3H3,(H,23,27). The maximum absolute atomic E-state index is 12.4. The van der Waals surface area contributed by atoms with Gasteiger partial charge in [-0.3, -0.25) is 4.79 Å². The number of carbonyl (C=O) groups is 1. The van der Waals surface area contributed by atoms with Crippen LogP contribution in [0.2, 0.25) is 0 Å². The van der Waals surface area contributed by atoms with Crippen LogP contribution in [-0.4, -0.2) is 40.1 Å². The van der Waals surface area contributed by atoms with Crippen LogP contribution < -0.4 is 10.1 Å². The van der Waals surface area contributed by atoms with Gasteiger partial charge in [0.25, 0.3) is 0 Å². The van der Waals surface area contributed by atoms with Crippen LogP contribution in [-0.2, 0) is 17.8 Å². The number of amides is 1. The number of alkyl halides is 2. The zero-order valence-corrected chi connectivity index (χ0v) is 17.6. The van der Waals surface area contributed by atoms with Crippen LogP contribution >= 0.6 is 11.8 Å². The normalized spacial score (nSPS) is 11.6. The molecule has 1 amide bonds. The number of ether oxygens (including phenoxy) is 1.